The second kappa shape index (κ2) is 6.85. The Morgan fingerprint density at radius 3 is 2.50 bits per heavy atom. The van der Waals surface area contributed by atoms with Gasteiger partial charge in [0.1, 0.15) is 24.5 Å². The van der Waals surface area contributed by atoms with E-state index in [2.05, 4.69) is 5.10 Å². The first-order valence-corrected chi connectivity index (χ1v) is 10.3. The number of aromatic nitrogens is 2. The number of rotatable bonds is 4. The third-order valence-electron chi connectivity index (χ3n) is 4.99. The van der Waals surface area contributed by atoms with Crippen molar-refractivity contribution in [1.82, 2.24) is 9.78 Å². The highest BCUT2D eigenvalue weighted by Crippen LogP contribution is 2.47. The summed E-state index contributed by atoms with van der Waals surface area (Å²) in [7, 11) is 0. The maximum atomic E-state index is 12.5. The number of thiophene rings is 1. The summed E-state index contributed by atoms with van der Waals surface area (Å²) in [6.07, 6.45) is 3.55. The monoisotopic (exact) mass is 432 g/mol. The molecule has 2 aliphatic heterocycles. The highest BCUT2D eigenvalue weighted by molar-refractivity contribution is 7.15. The van der Waals surface area contributed by atoms with E-state index >= 15 is 0 Å². The fourth-order valence-electron chi connectivity index (χ4n) is 4.07. The van der Waals surface area contributed by atoms with Crippen LogP contribution in [0.25, 0.3) is 10.8 Å². The van der Waals surface area contributed by atoms with E-state index in [9.17, 15) is 9.59 Å². The molecule has 4 heterocycles. The number of primary amides is 2. The van der Waals surface area contributed by atoms with Gasteiger partial charge in [-0.05, 0) is 33.3 Å². The number of carbonyl (C=O) groups excluding carboxylic acids is 2. The number of nitrogens with zero attached hydrogens (tertiary/aromatic N) is 2. The van der Waals surface area contributed by atoms with Crippen molar-refractivity contribution in [2.75, 3.05) is 13.2 Å². The normalized spacial score (nSPS) is 19.3. The van der Waals surface area contributed by atoms with Crippen LogP contribution in [0, 0.1) is 0 Å². The molecule has 0 unspecified atom stereocenters. The third kappa shape index (κ3) is 3.35. The van der Waals surface area contributed by atoms with Gasteiger partial charge in [0.2, 0.25) is 0 Å². The first kappa shape index (κ1) is 20.4. The maximum Gasteiger partial charge on any atom is 0.269 e. The summed E-state index contributed by atoms with van der Waals surface area (Å²) in [5.74, 6) is -0.927. The number of ether oxygens (including phenoxy) is 3. The van der Waals surface area contributed by atoms with Gasteiger partial charge in [0.05, 0.1) is 22.3 Å². The van der Waals surface area contributed by atoms with Crippen LogP contribution >= 0.6 is 11.3 Å². The molecule has 0 aliphatic carbocycles. The standard InChI is InChI=1S/C20H24N4O5S/c1-19(2)7-10-13(16(21)25)18(30-15(10)20(3,4)29-19)24-8-11(14(23-24)17(22)26)12-9-27-5-6-28-12/h8-9H,5-7H2,1-4H3,(H2,21,25)(H2,22,26). The smallest absolute Gasteiger partial charge is 0.269 e. The fraction of sp³-hybridized carbons (Fsp3) is 0.450. The predicted octanol–water partition coefficient (Wildman–Crippen LogP) is 2.06. The zero-order valence-electron chi connectivity index (χ0n) is 17.3. The summed E-state index contributed by atoms with van der Waals surface area (Å²) in [4.78, 5) is 25.4. The van der Waals surface area contributed by atoms with E-state index in [0.717, 1.165) is 10.4 Å². The van der Waals surface area contributed by atoms with Gasteiger partial charge in [-0.15, -0.1) is 11.3 Å². The minimum atomic E-state index is -0.717. The molecule has 0 atom stereocenters. The third-order valence-corrected chi connectivity index (χ3v) is 6.51. The Hall–Kier alpha value is -2.85. The van der Waals surface area contributed by atoms with Crippen molar-refractivity contribution in [2.45, 2.75) is 45.3 Å². The lowest BCUT2D eigenvalue weighted by molar-refractivity contribution is -0.135. The Labute approximate surface area is 177 Å². The fourth-order valence-corrected chi connectivity index (χ4v) is 5.36. The van der Waals surface area contributed by atoms with Crippen LogP contribution in [0.5, 0.6) is 0 Å². The molecule has 30 heavy (non-hydrogen) atoms. The van der Waals surface area contributed by atoms with Gasteiger partial charge < -0.3 is 25.7 Å². The largest absolute Gasteiger partial charge is 0.494 e. The molecule has 4 rings (SSSR count). The molecular weight excluding hydrogens is 408 g/mol. The van der Waals surface area contributed by atoms with Crippen LogP contribution in [0.15, 0.2) is 12.5 Å². The average Bonchev–Trinajstić information content (AvgIpc) is 3.23. The maximum absolute atomic E-state index is 12.5. The minimum absolute atomic E-state index is 0.0179. The highest BCUT2D eigenvalue weighted by Gasteiger charge is 2.43. The Kier molecular flexibility index (Phi) is 4.66. The molecule has 0 bridgehead atoms. The van der Waals surface area contributed by atoms with E-state index < -0.39 is 23.0 Å². The summed E-state index contributed by atoms with van der Waals surface area (Å²) >= 11 is 1.36. The van der Waals surface area contributed by atoms with Gasteiger partial charge in [0.15, 0.2) is 11.5 Å². The van der Waals surface area contributed by atoms with Gasteiger partial charge >= 0.3 is 0 Å². The zero-order valence-corrected chi connectivity index (χ0v) is 18.1. The molecule has 0 spiro atoms. The van der Waals surface area contributed by atoms with E-state index in [-0.39, 0.29) is 5.69 Å². The molecule has 0 saturated heterocycles. The van der Waals surface area contributed by atoms with Crippen LogP contribution in [-0.2, 0) is 26.2 Å². The van der Waals surface area contributed by atoms with Crippen LogP contribution in [0.4, 0.5) is 0 Å². The van der Waals surface area contributed by atoms with Gasteiger partial charge in [0.25, 0.3) is 11.8 Å². The van der Waals surface area contributed by atoms with Gasteiger partial charge in [-0.1, -0.05) is 0 Å². The molecule has 0 aromatic carbocycles. The van der Waals surface area contributed by atoms with Crippen molar-refractivity contribution in [3.63, 3.8) is 0 Å². The van der Waals surface area contributed by atoms with Crippen LogP contribution in [0.1, 0.15) is 64.5 Å². The lowest BCUT2D eigenvalue weighted by atomic mass is 9.86. The molecule has 0 radical (unpaired) electrons. The molecule has 2 amide bonds. The Bertz CT molecular complexity index is 1080. The van der Waals surface area contributed by atoms with Gasteiger partial charge in [-0.2, -0.15) is 5.10 Å². The number of hydrogen-bond donors (Lipinski definition) is 2. The van der Waals surface area contributed by atoms with Crippen molar-refractivity contribution in [3.8, 4) is 5.00 Å². The molecule has 2 aromatic rings. The van der Waals surface area contributed by atoms with Crippen LogP contribution in [0.2, 0.25) is 0 Å². The molecule has 0 fully saturated rings. The number of carbonyl (C=O) groups is 2. The second-order valence-electron chi connectivity index (χ2n) is 8.40. The number of hydrogen-bond acceptors (Lipinski definition) is 7. The summed E-state index contributed by atoms with van der Waals surface area (Å²) in [5.41, 5.74) is 11.9. The first-order valence-electron chi connectivity index (χ1n) is 9.51. The molecule has 0 saturated carbocycles. The van der Waals surface area contributed by atoms with Crippen molar-refractivity contribution >= 4 is 28.9 Å². The molecule has 9 nitrogen and oxygen atoms in total. The SMILES string of the molecule is CC1(C)Cc2c(sc(-n3cc(C4=COCCO4)c(C(N)=O)n3)c2C(N)=O)C(C)(C)O1. The molecule has 2 aliphatic rings. The van der Waals surface area contributed by atoms with Crippen LogP contribution < -0.4 is 11.5 Å². The predicted molar refractivity (Wildman–Crippen MR) is 110 cm³/mol. The minimum Gasteiger partial charge on any atom is -0.494 e. The Morgan fingerprint density at radius 2 is 1.90 bits per heavy atom. The van der Waals surface area contributed by atoms with E-state index in [4.69, 9.17) is 25.7 Å². The average molecular weight is 433 g/mol. The van der Waals surface area contributed by atoms with E-state index in [1.54, 1.807) is 6.20 Å². The van der Waals surface area contributed by atoms with Crippen molar-refractivity contribution in [1.29, 1.82) is 0 Å². The molecule has 10 heteroatoms. The lowest BCUT2D eigenvalue weighted by Gasteiger charge is -2.41. The number of amides is 2. The number of fused-ring (bicyclic) bond motifs is 1. The van der Waals surface area contributed by atoms with E-state index in [1.165, 1.54) is 22.3 Å². The second-order valence-corrected chi connectivity index (χ2v) is 9.40. The summed E-state index contributed by atoms with van der Waals surface area (Å²) in [6.45, 7) is 8.62. The summed E-state index contributed by atoms with van der Waals surface area (Å²) in [5, 5.41) is 4.86. The van der Waals surface area contributed by atoms with Gasteiger partial charge in [0, 0.05) is 17.5 Å². The van der Waals surface area contributed by atoms with Gasteiger partial charge in [-0.3, -0.25) is 9.59 Å². The first-order chi connectivity index (χ1) is 14.0. The topological polar surface area (TPSA) is 132 Å². The zero-order chi connectivity index (χ0) is 21.8. The van der Waals surface area contributed by atoms with Crippen molar-refractivity contribution < 1.29 is 23.8 Å². The van der Waals surface area contributed by atoms with E-state index in [1.807, 2.05) is 27.7 Å². The van der Waals surface area contributed by atoms with E-state index in [0.29, 0.717) is 41.5 Å². The number of nitrogens with two attached hydrogens (primary N) is 2. The molecule has 4 N–H and O–H groups in total. The molecule has 2 aromatic heterocycles. The highest BCUT2D eigenvalue weighted by atomic mass is 32.1. The Morgan fingerprint density at radius 1 is 1.17 bits per heavy atom. The molecular formula is C20H24N4O5S. The van der Waals surface area contributed by atoms with Gasteiger partial charge in [-0.25, -0.2) is 4.68 Å². The van der Waals surface area contributed by atoms with Crippen LogP contribution in [-0.4, -0.2) is 40.4 Å². The molecule has 160 valence electrons. The van der Waals surface area contributed by atoms with Crippen LogP contribution in [0.3, 0.4) is 0 Å². The van der Waals surface area contributed by atoms with Crippen molar-refractivity contribution in [3.05, 3.63) is 39.7 Å². The lowest BCUT2D eigenvalue weighted by Crippen LogP contribution is -2.42. The quantitative estimate of drug-likeness (QED) is 0.760. The summed E-state index contributed by atoms with van der Waals surface area (Å²) < 4.78 is 18.6. The Balaban J connectivity index is 1.92. The summed E-state index contributed by atoms with van der Waals surface area (Å²) in [6, 6.07) is 0. The van der Waals surface area contributed by atoms with Crippen molar-refractivity contribution in [2.24, 2.45) is 11.5 Å².